The molecule has 464 valence electrons. The fourth-order valence-corrected chi connectivity index (χ4v) is 10.1. The summed E-state index contributed by atoms with van der Waals surface area (Å²) in [6, 6.07) is -0.654. The molecule has 2 atom stereocenters. The van der Waals surface area contributed by atoms with Crippen molar-refractivity contribution in [1.82, 2.24) is 5.32 Å². The standard InChI is InChI=1S/C77H133NO3/c1-3-5-7-9-11-13-15-17-19-21-23-25-27-29-31-33-34-35-36-37-38-39-40-41-42-43-44-45-47-49-51-53-55-57-59-61-63-65-67-69-71-73-77(81)78-75(74-79)76(80)72-70-68-66-64-62-60-58-56-54-52-50-48-46-32-30-28-26-24-22-20-18-16-14-12-10-8-6-4-2/h5,7,11,13,17,19,23,25,29,31,34-35,37-38,40-41,54,56,62,64,70,72,75-76,79-80H,3-4,6,8-10,12,14-16,18,20-22,24,26-28,30,32-33,36,39,42-53,55,57-61,63,65-69,71,73-74H2,1-2H3,(H,78,81)/b7-5-,13-11-,19-17-,25-23-,31-29-,35-34-,38-37-,41-40-,56-54+,64-62+,72-70+. The second-order valence-electron chi connectivity index (χ2n) is 23.2. The van der Waals surface area contributed by atoms with Gasteiger partial charge in [0.05, 0.1) is 18.8 Å². The summed E-state index contributed by atoms with van der Waals surface area (Å²) in [5.74, 6) is -0.0786. The number of amides is 1. The lowest BCUT2D eigenvalue weighted by Gasteiger charge is -2.19. The summed E-state index contributed by atoms with van der Waals surface area (Å²) in [4.78, 5) is 12.5. The number of carbonyl (C=O) groups is 1. The van der Waals surface area contributed by atoms with Crippen LogP contribution < -0.4 is 5.32 Å². The molecule has 0 heterocycles. The van der Waals surface area contributed by atoms with E-state index >= 15 is 0 Å². The van der Waals surface area contributed by atoms with E-state index < -0.39 is 12.1 Å². The van der Waals surface area contributed by atoms with Crippen LogP contribution in [0.25, 0.3) is 0 Å². The Kier molecular flexibility index (Phi) is 67.8. The highest BCUT2D eigenvalue weighted by atomic mass is 16.3. The first-order valence-corrected chi connectivity index (χ1v) is 34.9. The summed E-state index contributed by atoms with van der Waals surface area (Å²) in [6.45, 7) is 4.20. The first-order chi connectivity index (χ1) is 40.2. The number of rotatable bonds is 63. The number of nitrogens with one attached hydrogen (secondary N) is 1. The lowest BCUT2D eigenvalue weighted by Crippen LogP contribution is -2.45. The first-order valence-electron chi connectivity index (χ1n) is 34.9. The SMILES string of the molecule is CC/C=C\C/C=C\C/C=C\C/C=C\C/C=C\C/C=C\C/C=C\C/C=C\CCCCCCCCCCCCCCCCCCC(=O)NC(CO)C(O)/C=C/CC/C=C/CC/C=C/CCCCCCCCCCCCCCCCCCCC. The Labute approximate surface area is 504 Å². The van der Waals surface area contributed by atoms with Crippen molar-refractivity contribution in [2.24, 2.45) is 0 Å². The molecule has 81 heavy (non-hydrogen) atoms. The van der Waals surface area contributed by atoms with Gasteiger partial charge in [-0.3, -0.25) is 4.79 Å². The fourth-order valence-electron chi connectivity index (χ4n) is 10.1. The van der Waals surface area contributed by atoms with Gasteiger partial charge in [0.2, 0.25) is 5.91 Å². The number of hydrogen-bond acceptors (Lipinski definition) is 3. The summed E-state index contributed by atoms with van der Waals surface area (Å²) in [5.41, 5.74) is 0. The van der Waals surface area contributed by atoms with Gasteiger partial charge in [-0.1, -0.05) is 347 Å². The van der Waals surface area contributed by atoms with Crippen LogP contribution in [0, 0.1) is 0 Å². The van der Waals surface area contributed by atoms with Crippen LogP contribution in [0.3, 0.4) is 0 Å². The quantitative estimate of drug-likeness (QED) is 0.0420. The molecule has 0 rings (SSSR count). The number of aliphatic hydroxyl groups is 2. The van der Waals surface area contributed by atoms with E-state index in [1.165, 1.54) is 218 Å². The molecule has 0 spiro atoms. The van der Waals surface area contributed by atoms with Crippen molar-refractivity contribution in [1.29, 1.82) is 0 Å². The molecular weight excluding hydrogens is 987 g/mol. The molecule has 4 heteroatoms. The van der Waals surface area contributed by atoms with Gasteiger partial charge in [-0.25, -0.2) is 0 Å². The Bertz CT molecular complexity index is 1600. The Morgan fingerprint density at radius 1 is 0.309 bits per heavy atom. The van der Waals surface area contributed by atoms with Crippen LogP contribution in [0.15, 0.2) is 134 Å². The third-order valence-corrected chi connectivity index (χ3v) is 15.3. The highest BCUT2D eigenvalue weighted by molar-refractivity contribution is 5.76. The van der Waals surface area contributed by atoms with Gasteiger partial charge in [0.1, 0.15) is 0 Å². The van der Waals surface area contributed by atoms with Crippen molar-refractivity contribution in [3.8, 4) is 0 Å². The van der Waals surface area contributed by atoms with Crippen molar-refractivity contribution >= 4 is 5.91 Å². The normalized spacial score (nSPS) is 13.6. The second kappa shape index (κ2) is 70.8. The molecular formula is C77H133NO3. The van der Waals surface area contributed by atoms with Gasteiger partial charge in [0, 0.05) is 6.42 Å². The monoisotopic (exact) mass is 1120 g/mol. The van der Waals surface area contributed by atoms with Crippen LogP contribution in [-0.4, -0.2) is 34.9 Å². The third-order valence-electron chi connectivity index (χ3n) is 15.3. The van der Waals surface area contributed by atoms with Gasteiger partial charge in [-0.2, -0.15) is 0 Å². The first kappa shape index (κ1) is 77.5. The summed E-state index contributed by atoms with van der Waals surface area (Å²) >= 11 is 0. The van der Waals surface area contributed by atoms with Crippen molar-refractivity contribution in [3.05, 3.63) is 134 Å². The molecule has 0 fully saturated rings. The zero-order valence-electron chi connectivity index (χ0n) is 53.5. The fraction of sp³-hybridized carbons (Fsp3) is 0.701. The molecule has 2 unspecified atom stereocenters. The molecule has 1 amide bonds. The highest BCUT2D eigenvalue weighted by Gasteiger charge is 2.18. The molecule has 4 nitrogen and oxygen atoms in total. The van der Waals surface area contributed by atoms with Crippen molar-refractivity contribution in [3.63, 3.8) is 0 Å². The molecule has 3 N–H and O–H groups in total. The molecule has 0 aliphatic carbocycles. The lowest BCUT2D eigenvalue weighted by atomic mass is 10.0. The van der Waals surface area contributed by atoms with Gasteiger partial charge in [0.15, 0.2) is 0 Å². The number of carbonyl (C=O) groups excluding carboxylic acids is 1. The molecule has 0 aliphatic rings. The topological polar surface area (TPSA) is 69.6 Å². The average Bonchev–Trinajstić information content (AvgIpc) is 3.47. The average molecular weight is 1120 g/mol. The Hall–Kier alpha value is -3.47. The summed E-state index contributed by atoms with van der Waals surface area (Å²) in [6.07, 6.45) is 110. The van der Waals surface area contributed by atoms with Gasteiger partial charge in [-0.15, -0.1) is 0 Å². The van der Waals surface area contributed by atoms with Crippen molar-refractivity contribution in [2.75, 3.05) is 6.61 Å². The van der Waals surface area contributed by atoms with Crippen LogP contribution in [0.5, 0.6) is 0 Å². The maximum Gasteiger partial charge on any atom is 0.220 e. The zero-order valence-corrected chi connectivity index (χ0v) is 53.5. The van der Waals surface area contributed by atoms with Crippen LogP contribution in [0.2, 0.25) is 0 Å². The van der Waals surface area contributed by atoms with Gasteiger partial charge in [-0.05, 0) is 109 Å². The molecule has 0 radical (unpaired) electrons. The number of allylic oxidation sites excluding steroid dienone is 21. The van der Waals surface area contributed by atoms with E-state index in [9.17, 15) is 15.0 Å². The van der Waals surface area contributed by atoms with Gasteiger partial charge in [0.25, 0.3) is 0 Å². The molecule has 0 aromatic heterocycles. The number of unbranched alkanes of at least 4 members (excludes halogenated alkanes) is 36. The van der Waals surface area contributed by atoms with E-state index in [2.05, 4.69) is 141 Å². The molecule has 0 aliphatic heterocycles. The predicted octanol–water partition coefficient (Wildman–Crippen LogP) is 24.1. The predicted molar refractivity (Wildman–Crippen MR) is 363 cm³/mol. The van der Waals surface area contributed by atoms with E-state index in [1.54, 1.807) is 6.08 Å². The highest BCUT2D eigenvalue weighted by Crippen LogP contribution is 2.17. The number of hydrogen-bond donors (Lipinski definition) is 3. The molecule has 0 aromatic rings. The minimum atomic E-state index is -0.879. The summed E-state index contributed by atoms with van der Waals surface area (Å²) < 4.78 is 0. The Morgan fingerprint density at radius 2 is 0.556 bits per heavy atom. The van der Waals surface area contributed by atoms with Crippen LogP contribution in [0.1, 0.15) is 328 Å². The van der Waals surface area contributed by atoms with E-state index in [4.69, 9.17) is 0 Å². The zero-order chi connectivity index (χ0) is 58.4. The van der Waals surface area contributed by atoms with Crippen LogP contribution >= 0.6 is 0 Å². The molecule has 0 saturated heterocycles. The smallest absolute Gasteiger partial charge is 0.220 e. The minimum Gasteiger partial charge on any atom is -0.394 e. The largest absolute Gasteiger partial charge is 0.394 e. The van der Waals surface area contributed by atoms with E-state index in [-0.39, 0.29) is 12.5 Å². The molecule has 0 bridgehead atoms. The van der Waals surface area contributed by atoms with Gasteiger partial charge < -0.3 is 15.5 Å². The second-order valence-corrected chi connectivity index (χ2v) is 23.2. The number of aliphatic hydroxyl groups excluding tert-OH is 2. The maximum absolute atomic E-state index is 12.5. The van der Waals surface area contributed by atoms with E-state index in [0.717, 1.165) is 89.9 Å². The van der Waals surface area contributed by atoms with Crippen LogP contribution in [0.4, 0.5) is 0 Å². The molecule has 0 saturated carbocycles. The minimum absolute atomic E-state index is 0.0786. The summed E-state index contributed by atoms with van der Waals surface area (Å²) in [7, 11) is 0. The molecule has 0 aromatic carbocycles. The lowest BCUT2D eigenvalue weighted by molar-refractivity contribution is -0.123. The van der Waals surface area contributed by atoms with Crippen LogP contribution in [-0.2, 0) is 4.79 Å². The van der Waals surface area contributed by atoms with Gasteiger partial charge >= 0.3 is 0 Å². The van der Waals surface area contributed by atoms with E-state index in [0.29, 0.717) is 6.42 Å². The Balaban J connectivity index is 3.55. The Morgan fingerprint density at radius 3 is 0.864 bits per heavy atom. The van der Waals surface area contributed by atoms with Crippen molar-refractivity contribution < 1.29 is 15.0 Å². The van der Waals surface area contributed by atoms with Crippen molar-refractivity contribution in [2.45, 2.75) is 341 Å². The maximum atomic E-state index is 12.5. The third kappa shape index (κ3) is 67.2. The summed E-state index contributed by atoms with van der Waals surface area (Å²) in [5, 5.41) is 23.3. The van der Waals surface area contributed by atoms with E-state index in [1.807, 2.05) is 6.08 Å².